The molecule has 5 nitrogen and oxygen atoms in total. The highest BCUT2D eigenvalue weighted by Crippen LogP contribution is 2.19. The summed E-state index contributed by atoms with van der Waals surface area (Å²) in [6.07, 6.45) is 3.48. The molecule has 134 valence electrons. The van der Waals surface area contributed by atoms with Crippen LogP contribution in [0.3, 0.4) is 0 Å². The molecule has 25 heavy (non-hydrogen) atoms. The fourth-order valence-electron chi connectivity index (χ4n) is 2.92. The van der Waals surface area contributed by atoms with Crippen LogP contribution in [0.5, 0.6) is 0 Å². The van der Waals surface area contributed by atoms with E-state index in [0.717, 1.165) is 25.2 Å². The molecule has 1 aliphatic rings. The number of carbonyl (C=O) groups is 1. The number of nitrogens with two attached hydrogens (primary N) is 1. The molecule has 1 unspecified atom stereocenters. The molecular weight excluding hydrogens is 312 g/mol. The van der Waals surface area contributed by atoms with Crippen molar-refractivity contribution < 1.29 is 4.79 Å². The maximum absolute atomic E-state index is 12.3. The van der Waals surface area contributed by atoms with Crippen molar-refractivity contribution in [2.24, 2.45) is 0 Å². The third-order valence-electron chi connectivity index (χ3n) is 4.30. The van der Waals surface area contributed by atoms with Crippen LogP contribution in [0, 0.1) is 0 Å². The van der Waals surface area contributed by atoms with Gasteiger partial charge in [-0.2, -0.15) is 0 Å². The van der Waals surface area contributed by atoms with Crippen LogP contribution >= 0.6 is 0 Å². The van der Waals surface area contributed by atoms with Crippen LogP contribution in [0.25, 0.3) is 0 Å². The molecule has 1 atom stereocenters. The van der Waals surface area contributed by atoms with E-state index >= 15 is 0 Å². The molecule has 0 aromatic heterocycles. The smallest absolute Gasteiger partial charge is 0.255 e. The first-order valence-corrected chi connectivity index (χ1v) is 8.45. The van der Waals surface area contributed by atoms with Gasteiger partial charge in [0.15, 0.2) is 0 Å². The maximum Gasteiger partial charge on any atom is 0.255 e. The highest BCUT2D eigenvalue weighted by Gasteiger charge is 2.12. The Kier molecular flexibility index (Phi) is 6.83. The Labute approximate surface area is 150 Å². The Morgan fingerprint density at radius 3 is 2.56 bits per heavy atom. The van der Waals surface area contributed by atoms with Crippen molar-refractivity contribution in [3.63, 3.8) is 0 Å². The van der Waals surface area contributed by atoms with Gasteiger partial charge in [0, 0.05) is 17.3 Å². The fraction of sp³-hybridized carbons (Fsp3) is 0.350. The molecule has 0 spiro atoms. The number of nitrogen functional groups attached to an aromatic ring is 1. The van der Waals surface area contributed by atoms with Crippen molar-refractivity contribution in [3.8, 4) is 0 Å². The number of nitrogens with one attached hydrogen (secondary N) is 3. The number of para-hydroxylation sites is 2. The number of anilines is 3. The van der Waals surface area contributed by atoms with Crippen LogP contribution in [0.4, 0.5) is 17.1 Å². The topological polar surface area (TPSA) is 79.2 Å². The summed E-state index contributed by atoms with van der Waals surface area (Å²) in [5.74, 6) is -0.155. The lowest BCUT2D eigenvalue weighted by Crippen LogP contribution is -2.21. The number of amides is 1. The third kappa shape index (κ3) is 5.22. The normalized spacial score (nSPS) is 17.0. The summed E-state index contributed by atoms with van der Waals surface area (Å²) in [4.78, 5) is 12.3. The average molecular weight is 340 g/mol. The summed E-state index contributed by atoms with van der Waals surface area (Å²) in [6, 6.07) is 15.3. The van der Waals surface area contributed by atoms with E-state index in [4.69, 9.17) is 5.73 Å². The number of hydrogen-bond acceptors (Lipinski definition) is 4. The first kappa shape index (κ1) is 18.8. The molecule has 1 saturated heterocycles. The average Bonchev–Trinajstić information content (AvgIpc) is 2.86. The molecule has 0 radical (unpaired) electrons. The van der Waals surface area contributed by atoms with E-state index in [9.17, 15) is 4.79 Å². The van der Waals surface area contributed by atoms with E-state index in [1.165, 1.54) is 12.8 Å². The summed E-state index contributed by atoms with van der Waals surface area (Å²) in [6.45, 7) is 2.15. The highest BCUT2D eigenvalue weighted by molar-refractivity contribution is 6.05. The van der Waals surface area contributed by atoms with E-state index in [2.05, 4.69) is 16.0 Å². The minimum atomic E-state index is -0.155. The van der Waals surface area contributed by atoms with Crippen molar-refractivity contribution in [1.29, 1.82) is 0 Å². The van der Waals surface area contributed by atoms with E-state index in [1.807, 2.05) is 36.4 Å². The lowest BCUT2D eigenvalue weighted by molar-refractivity contribution is 0.102. The van der Waals surface area contributed by atoms with Crippen molar-refractivity contribution in [2.75, 3.05) is 29.5 Å². The second kappa shape index (κ2) is 9.08. The predicted octanol–water partition coefficient (Wildman–Crippen LogP) is 3.71. The summed E-state index contributed by atoms with van der Waals surface area (Å²) >= 11 is 0. The Bertz CT molecular complexity index is 676. The molecule has 1 heterocycles. The van der Waals surface area contributed by atoms with Crippen molar-refractivity contribution in [2.45, 2.75) is 32.7 Å². The standard InChI is InChI=1S/C19H24N4O.CH4/c20-17-5-1-2-6-18(17)23-19(24)14-7-9-16(10-8-14)22-15-4-3-12-21-13-11-15;/h1-2,5-10,15,21-22H,3-4,11-13,20H2,(H,23,24);1H4. The molecule has 5 N–H and O–H groups in total. The zero-order valence-corrected chi connectivity index (χ0v) is 13.7. The van der Waals surface area contributed by atoms with Crippen LogP contribution in [-0.2, 0) is 0 Å². The van der Waals surface area contributed by atoms with Gasteiger partial charge in [-0.25, -0.2) is 0 Å². The molecule has 5 heteroatoms. The van der Waals surface area contributed by atoms with Gasteiger partial charge in [0.2, 0.25) is 0 Å². The van der Waals surface area contributed by atoms with Crippen LogP contribution in [0.1, 0.15) is 37.0 Å². The Balaban J connectivity index is 0.00000225. The monoisotopic (exact) mass is 340 g/mol. The SMILES string of the molecule is C.Nc1ccccc1NC(=O)c1ccc(NC2CCCNCC2)cc1. The quantitative estimate of drug-likeness (QED) is 0.640. The Morgan fingerprint density at radius 2 is 1.80 bits per heavy atom. The first-order valence-electron chi connectivity index (χ1n) is 8.45. The predicted molar refractivity (Wildman–Crippen MR) is 106 cm³/mol. The molecule has 1 amide bonds. The second-order valence-corrected chi connectivity index (χ2v) is 6.14. The van der Waals surface area contributed by atoms with Crippen molar-refractivity contribution in [3.05, 3.63) is 54.1 Å². The Hall–Kier alpha value is -2.53. The Morgan fingerprint density at radius 1 is 1.04 bits per heavy atom. The van der Waals surface area contributed by atoms with Gasteiger partial charge in [-0.05, 0) is 68.8 Å². The minimum Gasteiger partial charge on any atom is -0.397 e. The fourth-order valence-corrected chi connectivity index (χ4v) is 2.92. The summed E-state index contributed by atoms with van der Waals surface area (Å²) in [5.41, 5.74) is 8.72. The zero-order chi connectivity index (χ0) is 16.8. The van der Waals surface area contributed by atoms with Crippen LogP contribution in [0.15, 0.2) is 48.5 Å². The largest absolute Gasteiger partial charge is 0.397 e. The maximum atomic E-state index is 12.3. The van der Waals surface area contributed by atoms with E-state index in [-0.39, 0.29) is 13.3 Å². The number of carbonyl (C=O) groups excluding carboxylic acids is 1. The number of rotatable bonds is 4. The third-order valence-corrected chi connectivity index (χ3v) is 4.30. The lowest BCUT2D eigenvalue weighted by atomic mass is 10.1. The highest BCUT2D eigenvalue weighted by atomic mass is 16.1. The second-order valence-electron chi connectivity index (χ2n) is 6.14. The molecule has 3 rings (SSSR count). The summed E-state index contributed by atoms with van der Waals surface area (Å²) in [5, 5.41) is 9.81. The van der Waals surface area contributed by atoms with Gasteiger partial charge in [0.25, 0.3) is 5.91 Å². The molecule has 2 aromatic carbocycles. The van der Waals surface area contributed by atoms with Crippen LogP contribution in [-0.4, -0.2) is 25.0 Å². The van der Waals surface area contributed by atoms with Gasteiger partial charge < -0.3 is 21.7 Å². The molecular formula is C20H28N4O. The molecule has 1 aliphatic heterocycles. The van der Waals surface area contributed by atoms with E-state index < -0.39 is 0 Å². The van der Waals surface area contributed by atoms with Gasteiger partial charge in [-0.3, -0.25) is 4.79 Å². The van der Waals surface area contributed by atoms with E-state index in [0.29, 0.717) is 23.0 Å². The molecule has 1 fully saturated rings. The van der Waals surface area contributed by atoms with Gasteiger partial charge >= 0.3 is 0 Å². The van der Waals surface area contributed by atoms with Crippen molar-refractivity contribution >= 4 is 23.0 Å². The lowest BCUT2D eigenvalue weighted by Gasteiger charge is -2.17. The molecule has 2 aromatic rings. The minimum absolute atomic E-state index is 0. The van der Waals surface area contributed by atoms with Gasteiger partial charge in [-0.1, -0.05) is 19.6 Å². The molecule has 0 saturated carbocycles. The summed E-state index contributed by atoms with van der Waals surface area (Å²) in [7, 11) is 0. The van der Waals surface area contributed by atoms with E-state index in [1.54, 1.807) is 12.1 Å². The van der Waals surface area contributed by atoms with Gasteiger partial charge in [-0.15, -0.1) is 0 Å². The summed E-state index contributed by atoms with van der Waals surface area (Å²) < 4.78 is 0. The van der Waals surface area contributed by atoms with Gasteiger partial charge in [0.1, 0.15) is 0 Å². The number of benzene rings is 2. The molecule has 0 bridgehead atoms. The van der Waals surface area contributed by atoms with Gasteiger partial charge in [0.05, 0.1) is 11.4 Å². The molecule has 0 aliphatic carbocycles. The first-order chi connectivity index (χ1) is 11.7. The van der Waals surface area contributed by atoms with Crippen LogP contribution < -0.4 is 21.7 Å². The number of hydrogen-bond donors (Lipinski definition) is 4. The van der Waals surface area contributed by atoms with Crippen LogP contribution in [0.2, 0.25) is 0 Å². The zero-order valence-electron chi connectivity index (χ0n) is 13.7. The van der Waals surface area contributed by atoms with Crippen molar-refractivity contribution in [1.82, 2.24) is 5.32 Å².